The summed E-state index contributed by atoms with van der Waals surface area (Å²) in [5, 5.41) is 3.79. The molecule has 1 aliphatic carbocycles. The summed E-state index contributed by atoms with van der Waals surface area (Å²) < 4.78 is 10.2. The first-order chi connectivity index (χ1) is 10.1. The number of carbonyl (C=O) groups is 1. The van der Waals surface area contributed by atoms with Gasteiger partial charge in [0.2, 0.25) is 0 Å². The Morgan fingerprint density at radius 2 is 2.14 bits per heavy atom. The van der Waals surface area contributed by atoms with Crippen molar-refractivity contribution in [1.82, 2.24) is 10.1 Å². The Balaban J connectivity index is 1.63. The third kappa shape index (κ3) is 2.96. The Bertz CT molecular complexity index is 661. The molecule has 0 amide bonds. The number of ether oxygens (including phenoxy) is 1. The summed E-state index contributed by atoms with van der Waals surface area (Å²) in [6.45, 7) is 3.84. The van der Waals surface area contributed by atoms with Crippen LogP contribution in [0.25, 0.3) is 0 Å². The molecule has 1 aliphatic rings. The van der Waals surface area contributed by atoms with E-state index >= 15 is 0 Å². The number of Topliss-reactive ketones (excluding diaryl/α,β-unsaturated/α-hetero) is 1. The van der Waals surface area contributed by atoms with Crippen LogP contribution in [0.1, 0.15) is 53.5 Å². The molecule has 0 N–H and O–H groups in total. The van der Waals surface area contributed by atoms with Crippen molar-refractivity contribution in [3.63, 3.8) is 0 Å². The van der Waals surface area contributed by atoms with E-state index in [-0.39, 0.29) is 24.4 Å². The number of ketones is 1. The van der Waals surface area contributed by atoms with E-state index in [2.05, 4.69) is 10.1 Å². The first-order valence-electron chi connectivity index (χ1n) is 7.25. The van der Waals surface area contributed by atoms with E-state index in [9.17, 15) is 4.79 Å². The van der Waals surface area contributed by atoms with E-state index in [1.54, 1.807) is 0 Å². The first-order valence-corrected chi connectivity index (χ1v) is 7.25. The van der Waals surface area contributed by atoms with Crippen molar-refractivity contribution in [2.45, 2.75) is 39.0 Å². The molecule has 0 saturated carbocycles. The molecule has 0 aliphatic heterocycles. The summed E-state index contributed by atoms with van der Waals surface area (Å²) in [6, 6.07) is 5.88. The molecular weight excluding hydrogens is 268 g/mol. The van der Waals surface area contributed by atoms with E-state index in [1.807, 2.05) is 32.0 Å². The Kier molecular flexibility index (Phi) is 3.73. The summed E-state index contributed by atoms with van der Waals surface area (Å²) in [6.07, 6.45) is 3.39. The van der Waals surface area contributed by atoms with Gasteiger partial charge in [-0.1, -0.05) is 31.1 Å². The predicted octanol–water partition coefficient (Wildman–Crippen LogP) is 2.94. The number of nitrogens with zero attached hydrogens (tertiary/aromatic N) is 2. The van der Waals surface area contributed by atoms with Crippen molar-refractivity contribution in [1.29, 1.82) is 0 Å². The summed E-state index contributed by atoms with van der Waals surface area (Å²) >= 11 is 0. The zero-order valence-corrected chi connectivity index (χ0v) is 12.3. The van der Waals surface area contributed by atoms with Crippen LogP contribution in [0.5, 0.6) is 6.08 Å². The minimum absolute atomic E-state index is 0.0493. The molecule has 1 aromatic carbocycles. The number of hydrogen-bond acceptors (Lipinski definition) is 5. The SMILES string of the molecule is CC(C)c1noc(OCC(=O)c2ccc3c(c2)CCC3)n1. The summed E-state index contributed by atoms with van der Waals surface area (Å²) in [4.78, 5) is 16.2. The van der Waals surface area contributed by atoms with Crippen molar-refractivity contribution in [3.8, 4) is 6.08 Å². The van der Waals surface area contributed by atoms with Crippen LogP contribution in [0, 0.1) is 0 Å². The monoisotopic (exact) mass is 286 g/mol. The third-order valence-corrected chi connectivity index (χ3v) is 3.69. The van der Waals surface area contributed by atoms with Crippen LogP contribution in [-0.2, 0) is 12.8 Å². The molecule has 0 fully saturated rings. The zero-order chi connectivity index (χ0) is 14.8. The van der Waals surface area contributed by atoms with Gasteiger partial charge in [-0.15, -0.1) is 0 Å². The second kappa shape index (κ2) is 5.68. The molecule has 5 heteroatoms. The molecule has 5 nitrogen and oxygen atoms in total. The zero-order valence-electron chi connectivity index (χ0n) is 12.3. The highest BCUT2D eigenvalue weighted by atomic mass is 16.6. The average molecular weight is 286 g/mol. The second-order valence-electron chi connectivity index (χ2n) is 5.62. The van der Waals surface area contributed by atoms with Gasteiger partial charge in [0.15, 0.2) is 18.2 Å². The van der Waals surface area contributed by atoms with Gasteiger partial charge in [0.1, 0.15) is 0 Å². The van der Waals surface area contributed by atoms with Gasteiger partial charge in [0, 0.05) is 11.5 Å². The van der Waals surface area contributed by atoms with Crippen molar-refractivity contribution in [2.24, 2.45) is 0 Å². The molecule has 1 aromatic heterocycles. The number of aryl methyl sites for hydroxylation is 2. The van der Waals surface area contributed by atoms with E-state index < -0.39 is 0 Å². The molecule has 0 radical (unpaired) electrons. The topological polar surface area (TPSA) is 65.2 Å². The summed E-state index contributed by atoms with van der Waals surface area (Å²) in [5.74, 6) is 0.669. The van der Waals surface area contributed by atoms with Crippen LogP contribution in [0.3, 0.4) is 0 Å². The van der Waals surface area contributed by atoms with Gasteiger partial charge < -0.3 is 4.74 Å². The number of rotatable bonds is 5. The largest absolute Gasteiger partial charge is 0.440 e. The Morgan fingerprint density at radius 1 is 1.33 bits per heavy atom. The fourth-order valence-corrected chi connectivity index (χ4v) is 2.47. The lowest BCUT2D eigenvalue weighted by molar-refractivity contribution is 0.0884. The van der Waals surface area contributed by atoms with Crippen LogP contribution in [0.4, 0.5) is 0 Å². The van der Waals surface area contributed by atoms with E-state index in [0.717, 1.165) is 12.8 Å². The highest BCUT2D eigenvalue weighted by molar-refractivity contribution is 5.97. The number of fused-ring (bicyclic) bond motifs is 1. The van der Waals surface area contributed by atoms with Crippen molar-refractivity contribution in [3.05, 3.63) is 40.7 Å². The van der Waals surface area contributed by atoms with Crippen molar-refractivity contribution >= 4 is 5.78 Å². The highest BCUT2D eigenvalue weighted by Gasteiger charge is 2.16. The predicted molar refractivity (Wildman–Crippen MR) is 76.7 cm³/mol. The molecule has 1 heterocycles. The fraction of sp³-hybridized carbons (Fsp3) is 0.438. The van der Waals surface area contributed by atoms with Crippen LogP contribution in [0.15, 0.2) is 22.7 Å². The number of carbonyl (C=O) groups excluding carboxylic acids is 1. The third-order valence-electron chi connectivity index (χ3n) is 3.69. The molecule has 3 rings (SSSR count). The van der Waals surface area contributed by atoms with Gasteiger partial charge in [-0.25, -0.2) is 0 Å². The minimum atomic E-state index is -0.0848. The Morgan fingerprint density at radius 3 is 2.90 bits per heavy atom. The molecule has 0 bridgehead atoms. The first kappa shape index (κ1) is 13.8. The van der Waals surface area contributed by atoms with Gasteiger partial charge in [-0.2, -0.15) is 4.98 Å². The van der Waals surface area contributed by atoms with Gasteiger partial charge in [-0.3, -0.25) is 9.32 Å². The molecule has 0 spiro atoms. The van der Waals surface area contributed by atoms with E-state index in [4.69, 9.17) is 9.26 Å². The van der Waals surface area contributed by atoms with Crippen LogP contribution in [0.2, 0.25) is 0 Å². The van der Waals surface area contributed by atoms with Gasteiger partial charge in [0.05, 0.1) is 0 Å². The van der Waals surface area contributed by atoms with Crippen molar-refractivity contribution < 1.29 is 14.1 Å². The molecule has 0 unspecified atom stereocenters. The van der Waals surface area contributed by atoms with Gasteiger partial charge >= 0.3 is 6.08 Å². The molecule has 2 aromatic rings. The minimum Gasteiger partial charge on any atom is -0.440 e. The second-order valence-corrected chi connectivity index (χ2v) is 5.62. The maximum absolute atomic E-state index is 12.1. The lowest BCUT2D eigenvalue weighted by Gasteiger charge is -2.04. The quantitative estimate of drug-likeness (QED) is 0.791. The maximum Gasteiger partial charge on any atom is 0.417 e. The summed E-state index contributed by atoms with van der Waals surface area (Å²) in [5.41, 5.74) is 3.31. The lowest BCUT2D eigenvalue weighted by Crippen LogP contribution is -2.12. The van der Waals surface area contributed by atoms with Crippen LogP contribution in [-0.4, -0.2) is 22.5 Å². The van der Waals surface area contributed by atoms with Gasteiger partial charge in [0.25, 0.3) is 0 Å². The molecule has 110 valence electrons. The molecule has 21 heavy (non-hydrogen) atoms. The van der Waals surface area contributed by atoms with Gasteiger partial charge in [-0.05, 0) is 36.5 Å². The molecule has 0 atom stereocenters. The maximum atomic E-state index is 12.1. The van der Waals surface area contributed by atoms with E-state index in [1.165, 1.54) is 17.5 Å². The fourth-order valence-electron chi connectivity index (χ4n) is 2.47. The normalized spacial score (nSPS) is 13.5. The smallest absolute Gasteiger partial charge is 0.417 e. The highest BCUT2D eigenvalue weighted by Crippen LogP contribution is 2.23. The molecule has 0 saturated heterocycles. The number of hydrogen-bond donors (Lipinski definition) is 0. The number of aromatic nitrogens is 2. The van der Waals surface area contributed by atoms with Crippen molar-refractivity contribution in [2.75, 3.05) is 6.61 Å². The Hall–Kier alpha value is -2.17. The standard InChI is InChI=1S/C16H18N2O3/c1-10(2)15-17-16(21-18-15)20-9-14(19)13-7-6-11-4-3-5-12(11)8-13/h6-8,10H,3-5,9H2,1-2H3. The lowest BCUT2D eigenvalue weighted by atomic mass is 10.0. The van der Waals surface area contributed by atoms with Crippen LogP contribution >= 0.6 is 0 Å². The molecular formula is C16H18N2O3. The number of benzene rings is 1. The summed E-state index contributed by atoms with van der Waals surface area (Å²) in [7, 11) is 0. The van der Waals surface area contributed by atoms with E-state index in [0.29, 0.717) is 11.4 Å². The van der Waals surface area contributed by atoms with Crippen LogP contribution < -0.4 is 4.74 Å². The average Bonchev–Trinajstić information content (AvgIpc) is 3.12. The Labute approximate surface area is 123 Å².